The van der Waals surface area contributed by atoms with Gasteiger partial charge < -0.3 is 5.11 Å². The van der Waals surface area contributed by atoms with Gasteiger partial charge >= 0.3 is 0 Å². The summed E-state index contributed by atoms with van der Waals surface area (Å²) >= 11 is 2.21. The van der Waals surface area contributed by atoms with Crippen molar-refractivity contribution >= 4 is 22.6 Å². The van der Waals surface area contributed by atoms with Crippen molar-refractivity contribution in [3.63, 3.8) is 0 Å². The molecule has 1 aromatic heterocycles. The Labute approximate surface area is 79.6 Å². The van der Waals surface area contributed by atoms with Crippen molar-refractivity contribution < 1.29 is 5.11 Å². The molecule has 0 fully saturated rings. The van der Waals surface area contributed by atoms with Gasteiger partial charge in [-0.15, -0.1) is 0 Å². The molecule has 1 atom stereocenters. The van der Waals surface area contributed by atoms with E-state index in [0.717, 1.165) is 16.5 Å². The molecule has 0 aliphatic rings. The third kappa shape index (κ3) is 3.20. The number of aromatic nitrogens is 2. The highest BCUT2D eigenvalue weighted by Gasteiger charge is 1.97. The standard InChI is InChI=1S/C7H11IN2O/c1-6(11)2-3-10-5-7(8)4-9-10/h4-6,11H,2-3H2,1H3. The minimum absolute atomic E-state index is 0.239. The molecule has 4 heteroatoms. The van der Waals surface area contributed by atoms with Crippen LogP contribution in [0.5, 0.6) is 0 Å². The van der Waals surface area contributed by atoms with Crippen molar-refractivity contribution in [3.05, 3.63) is 16.0 Å². The van der Waals surface area contributed by atoms with Gasteiger partial charge in [-0.3, -0.25) is 4.68 Å². The van der Waals surface area contributed by atoms with Crippen LogP contribution in [0.1, 0.15) is 13.3 Å². The van der Waals surface area contributed by atoms with E-state index in [4.69, 9.17) is 5.11 Å². The van der Waals surface area contributed by atoms with Gasteiger partial charge in [0.15, 0.2) is 0 Å². The van der Waals surface area contributed by atoms with Gasteiger partial charge in [0, 0.05) is 12.7 Å². The maximum Gasteiger partial charge on any atom is 0.0623 e. The minimum Gasteiger partial charge on any atom is -0.393 e. The molecule has 0 aliphatic carbocycles. The summed E-state index contributed by atoms with van der Waals surface area (Å²) in [7, 11) is 0. The molecule has 62 valence electrons. The highest BCUT2D eigenvalue weighted by molar-refractivity contribution is 14.1. The molecular weight excluding hydrogens is 255 g/mol. The fourth-order valence-electron chi connectivity index (χ4n) is 0.780. The molecule has 0 aliphatic heterocycles. The van der Waals surface area contributed by atoms with Gasteiger partial charge in [0.25, 0.3) is 0 Å². The lowest BCUT2D eigenvalue weighted by Gasteiger charge is -2.02. The number of hydrogen-bond acceptors (Lipinski definition) is 2. The first kappa shape index (κ1) is 8.99. The molecule has 1 N–H and O–H groups in total. The minimum atomic E-state index is -0.239. The Morgan fingerprint density at radius 2 is 2.55 bits per heavy atom. The Morgan fingerprint density at radius 3 is 3.00 bits per heavy atom. The van der Waals surface area contributed by atoms with Gasteiger partial charge in [0.1, 0.15) is 0 Å². The van der Waals surface area contributed by atoms with E-state index in [1.165, 1.54) is 0 Å². The summed E-state index contributed by atoms with van der Waals surface area (Å²) in [5.74, 6) is 0. The molecule has 0 aromatic carbocycles. The Morgan fingerprint density at radius 1 is 1.82 bits per heavy atom. The van der Waals surface area contributed by atoms with Crippen LogP contribution in [0.4, 0.5) is 0 Å². The lowest BCUT2D eigenvalue weighted by Crippen LogP contribution is -2.06. The molecule has 0 saturated heterocycles. The Balaban J connectivity index is 2.39. The van der Waals surface area contributed by atoms with Crippen LogP contribution in [0.3, 0.4) is 0 Å². The second-order valence-corrected chi connectivity index (χ2v) is 3.80. The van der Waals surface area contributed by atoms with E-state index in [-0.39, 0.29) is 6.10 Å². The second-order valence-electron chi connectivity index (χ2n) is 2.56. The average molecular weight is 266 g/mol. The zero-order valence-electron chi connectivity index (χ0n) is 6.37. The molecule has 0 spiro atoms. The smallest absolute Gasteiger partial charge is 0.0623 e. The maximum absolute atomic E-state index is 8.98. The molecule has 11 heavy (non-hydrogen) atoms. The average Bonchev–Trinajstić information content (AvgIpc) is 2.31. The van der Waals surface area contributed by atoms with Gasteiger partial charge in [-0.2, -0.15) is 5.10 Å². The van der Waals surface area contributed by atoms with E-state index >= 15 is 0 Å². The van der Waals surface area contributed by atoms with Crippen LogP contribution < -0.4 is 0 Å². The molecule has 0 amide bonds. The summed E-state index contributed by atoms with van der Waals surface area (Å²) < 4.78 is 2.97. The van der Waals surface area contributed by atoms with Crippen LogP contribution in [0.25, 0.3) is 0 Å². The first-order chi connectivity index (χ1) is 5.18. The number of hydrogen-bond donors (Lipinski definition) is 1. The molecule has 0 radical (unpaired) electrons. The van der Waals surface area contributed by atoms with Crippen LogP contribution in [-0.2, 0) is 6.54 Å². The van der Waals surface area contributed by atoms with Crippen molar-refractivity contribution in [2.24, 2.45) is 0 Å². The van der Waals surface area contributed by atoms with Crippen LogP contribution >= 0.6 is 22.6 Å². The first-order valence-corrected chi connectivity index (χ1v) is 4.62. The van der Waals surface area contributed by atoms with Crippen LogP contribution in [-0.4, -0.2) is 21.0 Å². The summed E-state index contributed by atoms with van der Waals surface area (Å²) in [6.45, 7) is 2.58. The van der Waals surface area contributed by atoms with Crippen molar-refractivity contribution in [2.75, 3.05) is 0 Å². The predicted octanol–water partition coefficient (Wildman–Crippen LogP) is 1.26. The lowest BCUT2D eigenvalue weighted by atomic mass is 10.3. The normalized spacial score (nSPS) is 13.4. The highest BCUT2D eigenvalue weighted by atomic mass is 127. The molecular formula is C7H11IN2O. The van der Waals surface area contributed by atoms with Crippen LogP contribution in [0.15, 0.2) is 12.4 Å². The molecule has 1 unspecified atom stereocenters. The molecule has 1 heterocycles. The third-order valence-corrected chi connectivity index (χ3v) is 1.93. The fraction of sp³-hybridized carbons (Fsp3) is 0.571. The van der Waals surface area contributed by atoms with E-state index in [1.807, 2.05) is 17.1 Å². The van der Waals surface area contributed by atoms with Crippen molar-refractivity contribution in [3.8, 4) is 0 Å². The number of halogens is 1. The van der Waals surface area contributed by atoms with Gasteiger partial charge in [-0.25, -0.2) is 0 Å². The monoisotopic (exact) mass is 266 g/mol. The van der Waals surface area contributed by atoms with E-state index in [1.54, 1.807) is 6.92 Å². The Bertz CT molecular complexity index is 222. The fourth-order valence-corrected chi connectivity index (χ4v) is 1.23. The summed E-state index contributed by atoms with van der Waals surface area (Å²) in [6, 6.07) is 0. The number of aliphatic hydroxyl groups excluding tert-OH is 1. The van der Waals surface area contributed by atoms with E-state index < -0.39 is 0 Å². The molecule has 3 nitrogen and oxygen atoms in total. The van der Waals surface area contributed by atoms with Crippen LogP contribution in [0, 0.1) is 3.57 Å². The molecule has 0 bridgehead atoms. The summed E-state index contributed by atoms with van der Waals surface area (Å²) in [5.41, 5.74) is 0. The first-order valence-electron chi connectivity index (χ1n) is 3.54. The van der Waals surface area contributed by atoms with E-state index in [2.05, 4.69) is 27.7 Å². The third-order valence-electron chi connectivity index (χ3n) is 1.38. The Hall–Kier alpha value is -0.100. The van der Waals surface area contributed by atoms with Gasteiger partial charge in [0.2, 0.25) is 0 Å². The van der Waals surface area contributed by atoms with Gasteiger partial charge in [-0.1, -0.05) is 0 Å². The lowest BCUT2D eigenvalue weighted by molar-refractivity contribution is 0.176. The topological polar surface area (TPSA) is 38.0 Å². The largest absolute Gasteiger partial charge is 0.393 e. The number of aryl methyl sites for hydroxylation is 1. The summed E-state index contributed by atoms with van der Waals surface area (Å²) in [6.07, 6.45) is 4.29. The zero-order valence-corrected chi connectivity index (χ0v) is 8.52. The second kappa shape index (κ2) is 4.06. The number of rotatable bonds is 3. The Kier molecular flexibility index (Phi) is 3.32. The SMILES string of the molecule is CC(O)CCn1cc(I)cn1. The van der Waals surface area contributed by atoms with E-state index in [0.29, 0.717) is 0 Å². The van der Waals surface area contributed by atoms with Gasteiger partial charge in [0.05, 0.1) is 15.9 Å². The summed E-state index contributed by atoms with van der Waals surface area (Å²) in [4.78, 5) is 0. The molecule has 1 aromatic rings. The van der Waals surface area contributed by atoms with Crippen LogP contribution in [0.2, 0.25) is 0 Å². The zero-order chi connectivity index (χ0) is 8.27. The van der Waals surface area contributed by atoms with Gasteiger partial charge in [-0.05, 0) is 35.9 Å². The summed E-state index contributed by atoms with van der Waals surface area (Å²) in [5, 5.41) is 13.1. The van der Waals surface area contributed by atoms with Crippen molar-refractivity contribution in [2.45, 2.75) is 26.0 Å². The van der Waals surface area contributed by atoms with Crippen molar-refractivity contribution in [1.29, 1.82) is 0 Å². The van der Waals surface area contributed by atoms with Crippen molar-refractivity contribution in [1.82, 2.24) is 9.78 Å². The molecule has 1 rings (SSSR count). The predicted molar refractivity (Wildman–Crippen MR) is 51.2 cm³/mol. The van der Waals surface area contributed by atoms with E-state index in [9.17, 15) is 0 Å². The quantitative estimate of drug-likeness (QED) is 0.836. The highest BCUT2D eigenvalue weighted by Crippen LogP contribution is 2.02. The molecule has 0 saturated carbocycles. The number of aliphatic hydroxyl groups is 1. The number of nitrogens with zero attached hydrogens (tertiary/aromatic N) is 2. The maximum atomic E-state index is 8.98.